The average molecular weight is 313 g/mol. The highest BCUT2D eigenvalue weighted by Gasteiger charge is 2.20. The Morgan fingerprint density at radius 3 is 2.52 bits per heavy atom. The first-order valence-corrected chi connectivity index (χ1v) is 7.32. The fourth-order valence-corrected chi connectivity index (χ4v) is 2.33. The Kier molecular flexibility index (Phi) is 7.54. The number of likely N-dealkylation sites (tertiary alicyclic amines) is 1. The molecule has 1 saturated heterocycles. The van der Waals surface area contributed by atoms with Crippen LogP contribution in [0.1, 0.15) is 19.8 Å². The van der Waals surface area contributed by atoms with Gasteiger partial charge in [-0.25, -0.2) is 0 Å². The number of benzene rings is 1. The maximum atomic E-state index is 12.2. The lowest BCUT2D eigenvalue weighted by atomic mass is 10.3. The Hall–Kier alpha value is -1.26. The lowest BCUT2D eigenvalue weighted by molar-refractivity contribution is -0.133. The van der Waals surface area contributed by atoms with Gasteiger partial charge < -0.3 is 9.64 Å². The van der Waals surface area contributed by atoms with Crippen LogP contribution in [0.2, 0.25) is 0 Å². The second-order valence-electron chi connectivity index (χ2n) is 5.46. The molecule has 0 aromatic heterocycles. The minimum absolute atomic E-state index is 0. The van der Waals surface area contributed by atoms with Crippen molar-refractivity contribution < 1.29 is 9.53 Å². The largest absolute Gasteiger partial charge is 0.491 e. The molecular formula is C16H25ClN2O2. The van der Waals surface area contributed by atoms with E-state index in [-0.39, 0.29) is 24.4 Å². The van der Waals surface area contributed by atoms with Gasteiger partial charge >= 0.3 is 0 Å². The quantitative estimate of drug-likeness (QED) is 0.809. The summed E-state index contributed by atoms with van der Waals surface area (Å²) < 4.78 is 5.70. The molecule has 0 spiro atoms. The molecule has 1 aliphatic heterocycles. The van der Waals surface area contributed by atoms with Crippen molar-refractivity contribution in [2.24, 2.45) is 0 Å². The molecule has 1 unspecified atom stereocenters. The zero-order valence-electron chi connectivity index (χ0n) is 12.8. The number of nitrogens with zero attached hydrogens (tertiary/aromatic N) is 2. The Labute approximate surface area is 133 Å². The fraction of sp³-hybridized carbons (Fsp3) is 0.562. The predicted molar refractivity (Wildman–Crippen MR) is 87.1 cm³/mol. The van der Waals surface area contributed by atoms with Gasteiger partial charge in [-0.05, 0) is 45.0 Å². The number of ether oxygens (including phenoxy) is 1. The van der Waals surface area contributed by atoms with Gasteiger partial charge in [0.05, 0.1) is 12.6 Å². The molecule has 1 fully saturated rings. The van der Waals surface area contributed by atoms with Gasteiger partial charge in [0.15, 0.2) is 0 Å². The number of halogens is 1. The van der Waals surface area contributed by atoms with Gasteiger partial charge in [0.25, 0.3) is 0 Å². The number of hydrogen-bond acceptors (Lipinski definition) is 3. The monoisotopic (exact) mass is 312 g/mol. The van der Waals surface area contributed by atoms with E-state index in [2.05, 4.69) is 4.90 Å². The number of carbonyl (C=O) groups is 1. The highest BCUT2D eigenvalue weighted by atomic mass is 35.5. The van der Waals surface area contributed by atoms with Gasteiger partial charge in [-0.15, -0.1) is 12.4 Å². The third kappa shape index (κ3) is 5.56. The zero-order valence-corrected chi connectivity index (χ0v) is 13.6. The van der Waals surface area contributed by atoms with Gasteiger partial charge in [-0.3, -0.25) is 9.69 Å². The van der Waals surface area contributed by atoms with Crippen molar-refractivity contribution in [2.45, 2.75) is 25.8 Å². The van der Waals surface area contributed by atoms with Crippen molar-refractivity contribution in [2.75, 3.05) is 33.3 Å². The molecule has 118 valence electrons. The van der Waals surface area contributed by atoms with Gasteiger partial charge in [-0.2, -0.15) is 0 Å². The molecule has 0 saturated carbocycles. The normalized spacial score (nSPS) is 16.1. The fourth-order valence-electron chi connectivity index (χ4n) is 2.33. The summed E-state index contributed by atoms with van der Waals surface area (Å²) in [5.74, 6) is 1.02. The molecule has 1 amide bonds. The standard InChI is InChI=1S/C16H24N2O2.ClH/c1-14(13-20-15-8-4-3-5-9-15)17(2)16(19)12-18-10-6-7-11-18;/h3-5,8-9,14H,6-7,10-13H2,1-2H3;1H. The lowest BCUT2D eigenvalue weighted by Crippen LogP contribution is -2.43. The molecule has 1 aromatic carbocycles. The van der Waals surface area contributed by atoms with Crippen LogP contribution in [0, 0.1) is 0 Å². The molecule has 1 aliphatic rings. The SMILES string of the molecule is CC(COc1ccccc1)N(C)C(=O)CN1CCCC1.Cl. The van der Waals surface area contributed by atoms with E-state index < -0.39 is 0 Å². The highest BCUT2D eigenvalue weighted by molar-refractivity contribution is 5.85. The molecular weight excluding hydrogens is 288 g/mol. The van der Waals surface area contributed by atoms with E-state index in [1.165, 1.54) is 12.8 Å². The average Bonchev–Trinajstić information content (AvgIpc) is 2.98. The van der Waals surface area contributed by atoms with Crippen LogP contribution >= 0.6 is 12.4 Å². The summed E-state index contributed by atoms with van der Waals surface area (Å²) in [6.07, 6.45) is 2.42. The summed E-state index contributed by atoms with van der Waals surface area (Å²) in [6, 6.07) is 9.79. The first-order valence-electron chi connectivity index (χ1n) is 7.32. The topological polar surface area (TPSA) is 32.8 Å². The van der Waals surface area contributed by atoms with Gasteiger partial charge in [0.2, 0.25) is 5.91 Å². The molecule has 0 aliphatic carbocycles. The van der Waals surface area contributed by atoms with E-state index in [0.717, 1.165) is 18.8 Å². The number of para-hydroxylation sites is 1. The number of likely N-dealkylation sites (N-methyl/N-ethyl adjacent to an activating group) is 1. The molecule has 0 radical (unpaired) electrons. The third-order valence-electron chi connectivity index (χ3n) is 3.85. The number of rotatable bonds is 6. The Balaban J connectivity index is 0.00000220. The van der Waals surface area contributed by atoms with E-state index in [0.29, 0.717) is 13.2 Å². The van der Waals surface area contributed by atoms with Crippen LogP contribution in [0.4, 0.5) is 0 Å². The molecule has 0 N–H and O–H groups in total. The molecule has 1 heterocycles. The van der Waals surface area contributed by atoms with Gasteiger partial charge in [-0.1, -0.05) is 18.2 Å². The lowest BCUT2D eigenvalue weighted by Gasteiger charge is -2.27. The summed E-state index contributed by atoms with van der Waals surface area (Å²) >= 11 is 0. The van der Waals surface area contributed by atoms with E-state index in [1.54, 1.807) is 4.90 Å². The molecule has 2 rings (SSSR count). The molecule has 4 nitrogen and oxygen atoms in total. The van der Waals surface area contributed by atoms with Crippen LogP contribution in [-0.2, 0) is 4.79 Å². The third-order valence-corrected chi connectivity index (χ3v) is 3.85. The van der Waals surface area contributed by atoms with Crippen molar-refractivity contribution in [1.29, 1.82) is 0 Å². The zero-order chi connectivity index (χ0) is 14.4. The van der Waals surface area contributed by atoms with Crippen molar-refractivity contribution in [3.63, 3.8) is 0 Å². The number of hydrogen-bond donors (Lipinski definition) is 0. The minimum Gasteiger partial charge on any atom is -0.491 e. The van der Waals surface area contributed by atoms with E-state index in [9.17, 15) is 4.79 Å². The Morgan fingerprint density at radius 2 is 1.90 bits per heavy atom. The van der Waals surface area contributed by atoms with Crippen LogP contribution in [0.25, 0.3) is 0 Å². The van der Waals surface area contributed by atoms with Gasteiger partial charge in [0.1, 0.15) is 12.4 Å². The molecule has 0 bridgehead atoms. The highest BCUT2D eigenvalue weighted by Crippen LogP contribution is 2.11. The maximum absolute atomic E-state index is 12.2. The van der Waals surface area contributed by atoms with E-state index >= 15 is 0 Å². The van der Waals surface area contributed by atoms with Crippen LogP contribution in [-0.4, -0.2) is 55.0 Å². The molecule has 5 heteroatoms. The summed E-state index contributed by atoms with van der Waals surface area (Å²) in [6.45, 7) is 5.17. The summed E-state index contributed by atoms with van der Waals surface area (Å²) in [5, 5.41) is 0. The van der Waals surface area contributed by atoms with Crippen LogP contribution in [0.5, 0.6) is 5.75 Å². The van der Waals surface area contributed by atoms with Crippen molar-refractivity contribution in [1.82, 2.24) is 9.80 Å². The van der Waals surface area contributed by atoms with Crippen LogP contribution in [0.15, 0.2) is 30.3 Å². The summed E-state index contributed by atoms with van der Waals surface area (Å²) in [7, 11) is 1.86. The van der Waals surface area contributed by atoms with Crippen LogP contribution < -0.4 is 4.74 Å². The predicted octanol–water partition coefficient (Wildman–Crippen LogP) is 2.43. The van der Waals surface area contributed by atoms with Gasteiger partial charge in [0, 0.05) is 7.05 Å². The van der Waals surface area contributed by atoms with E-state index in [4.69, 9.17) is 4.74 Å². The maximum Gasteiger partial charge on any atom is 0.236 e. The summed E-state index contributed by atoms with van der Waals surface area (Å²) in [4.78, 5) is 16.2. The Bertz CT molecular complexity index is 422. The molecule has 1 atom stereocenters. The first kappa shape index (κ1) is 17.8. The molecule has 1 aromatic rings. The second-order valence-corrected chi connectivity index (χ2v) is 5.46. The van der Waals surface area contributed by atoms with Crippen molar-refractivity contribution in [3.05, 3.63) is 30.3 Å². The summed E-state index contributed by atoms with van der Waals surface area (Å²) in [5.41, 5.74) is 0. The molecule has 21 heavy (non-hydrogen) atoms. The minimum atomic E-state index is 0. The number of carbonyl (C=O) groups excluding carboxylic acids is 1. The van der Waals surface area contributed by atoms with E-state index in [1.807, 2.05) is 44.3 Å². The smallest absolute Gasteiger partial charge is 0.236 e. The number of amides is 1. The van der Waals surface area contributed by atoms with Crippen LogP contribution in [0.3, 0.4) is 0 Å². The Morgan fingerprint density at radius 1 is 1.29 bits per heavy atom. The second kappa shape index (κ2) is 8.90. The first-order chi connectivity index (χ1) is 9.66. The van der Waals surface area contributed by atoms with Crippen molar-refractivity contribution in [3.8, 4) is 5.75 Å². The van der Waals surface area contributed by atoms with Crippen molar-refractivity contribution >= 4 is 18.3 Å².